The summed E-state index contributed by atoms with van der Waals surface area (Å²) in [5.74, 6) is 0. The Labute approximate surface area is 122 Å². The SMILES string of the molecule is CN(Cc1cn2ccccc2n1)C1CCCCC1Br. The first-order valence-electron chi connectivity index (χ1n) is 7.01. The lowest BCUT2D eigenvalue weighted by atomic mass is 9.94. The van der Waals surface area contributed by atoms with E-state index in [0.29, 0.717) is 10.9 Å². The van der Waals surface area contributed by atoms with Crippen LogP contribution in [0.1, 0.15) is 31.4 Å². The lowest BCUT2D eigenvalue weighted by Crippen LogP contribution is -2.40. The maximum Gasteiger partial charge on any atom is 0.137 e. The molecule has 0 aromatic carbocycles. The molecular formula is C15H20BrN3. The molecule has 1 aliphatic rings. The third kappa shape index (κ3) is 2.84. The van der Waals surface area contributed by atoms with Crippen molar-refractivity contribution in [2.45, 2.75) is 43.1 Å². The minimum absolute atomic E-state index is 0.628. The van der Waals surface area contributed by atoms with Crippen molar-refractivity contribution in [1.29, 1.82) is 0 Å². The highest BCUT2D eigenvalue weighted by molar-refractivity contribution is 9.09. The van der Waals surface area contributed by atoms with Crippen LogP contribution in [0.4, 0.5) is 0 Å². The minimum atomic E-state index is 0.628. The number of hydrogen-bond acceptors (Lipinski definition) is 2. The van der Waals surface area contributed by atoms with Crippen molar-refractivity contribution in [2.24, 2.45) is 0 Å². The Bertz CT molecular complexity index is 518. The van der Waals surface area contributed by atoms with Crippen LogP contribution in [-0.2, 0) is 6.54 Å². The molecule has 0 spiro atoms. The van der Waals surface area contributed by atoms with Gasteiger partial charge in [0.15, 0.2) is 0 Å². The van der Waals surface area contributed by atoms with Gasteiger partial charge in [-0.25, -0.2) is 4.98 Å². The number of pyridine rings is 1. The first-order valence-corrected chi connectivity index (χ1v) is 7.92. The molecule has 0 N–H and O–H groups in total. The molecule has 3 nitrogen and oxygen atoms in total. The van der Waals surface area contributed by atoms with Gasteiger partial charge >= 0.3 is 0 Å². The lowest BCUT2D eigenvalue weighted by Gasteiger charge is -2.34. The average molecular weight is 322 g/mol. The van der Waals surface area contributed by atoms with Crippen LogP contribution in [0.25, 0.3) is 5.65 Å². The molecule has 2 atom stereocenters. The summed E-state index contributed by atoms with van der Waals surface area (Å²) in [5, 5.41) is 0. The molecule has 1 aliphatic carbocycles. The van der Waals surface area contributed by atoms with Gasteiger partial charge in [0.1, 0.15) is 5.65 Å². The van der Waals surface area contributed by atoms with Crippen molar-refractivity contribution in [3.8, 4) is 0 Å². The summed E-state index contributed by atoms with van der Waals surface area (Å²) in [6.45, 7) is 0.925. The summed E-state index contributed by atoms with van der Waals surface area (Å²) in [4.78, 5) is 7.75. The maximum atomic E-state index is 4.68. The molecule has 2 aromatic heterocycles. The molecule has 0 saturated heterocycles. The van der Waals surface area contributed by atoms with Crippen LogP contribution >= 0.6 is 15.9 Å². The molecule has 102 valence electrons. The smallest absolute Gasteiger partial charge is 0.137 e. The number of rotatable bonds is 3. The van der Waals surface area contributed by atoms with Crippen molar-refractivity contribution >= 4 is 21.6 Å². The van der Waals surface area contributed by atoms with E-state index < -0.39 is 0 Å². The molecular weight excluding hydrogens is 302 g/mol. The first-order chi connectivity index (χ1) is 9.24. The highest BCUT2D eigenvalue weighted by atomic mass is 79.9. The second kappa shape index (κ2) is 5.63. The highest BCUT2D eigenvalue weighted by Crippen LogP contribution is 2.28. The Balaban J connectivity index is 1.73. The Kier molecular flexibility index (Phi) is 3.89. The largest absolute Gasteiger partial charge is 0.307 e. The van der Waals surface area contributed by atoms with Crippen molar-refractivity contribution in [3.63, 3.8) is 0 Å². The second-order valence-corrected chi connectivity index (χ2v) is 6.66. The van der Waals surface area contributed by atoms with Crippen LogP contribution < -0.4 is 0 Å². The molecule has 4 heteroatoms. The van der Waals surface area contributed by atoms with E-state index in [2.05, 4.69) is 55.7 Å². The monoisotopic (exact) mass is 321 g/mol. The number of halogens is 1. The Morgan fingerprint density at radius 1 is 1.37 bits per heavy atom. The Morgan fingerprint density at radius 3 is 3.00 bits per heavy atom. The van der Waals surface area contributed by atoms with E-state index >= 15 is 0 Å². The van der Waals surface area contributed by atoms with Gasteiger partial charge in [-0.15, -0.1) is 0 Å². The highest BCUT2D eigenvalue weighted by Gasteiger charge is 2.26. The van der Waals surface area contributed by atoms with Crippen molar-refractivity contribution in [3.05, 3.63) is 36.3 Å². The summed E-state index contributed by atoms with van der Waals surface area (Å²) in [6, 6.07) is 6.76. The number of nitrogens with zero attached hydrogens (tertiary/aromatic N) is 3. The van der Waals surface area contributed by atoms with E-state index in [-0.39, 0.29) is 0 Å². The summed E-state index contributed by atoms with van der Waals surface area (Å²) in [7, 11) is 2.22. The number of imidazole rings is 1. The number of fused-ring (bicyclic) bond motifs is 1. The van der Waals surface area contributed by atoms with Gasteiger partial charge in [0.05, 0.1) is 5.69 Å². The fourth-order valence-corrected chi connectivity index (χ4v) is 3.99. The molecule has 1 fully saturated rings. The van der Waals surface area contributed by atoms with Gasteiger partial charge in [-0.05, 0) is 32.0 Å². The van der Waals surface area contributed by atoms with E-state index in [4.69, 9.17) is 0 Å². The van der Waals surface area contributed by atoms with Gasteiger partial charge in [-0.3, -0.25) is 4.90 Å². The topological polar surface area (TPSA) is 20.5 Å². The van der Waals surface area contributed by atoms with Crippen LogP contribution in [0.2, 0.25) is 0 Å². The van der Waals surface area contributed by atoms with Gasteiger partial charge in [-0.2, -0.15) is 0 Å². The predicted molar refractivity (Wildman–Crippen MR) is 81.6 cm³/mol. The summed E-state index contributed by atoms with van der Waals surface area (Å²) < 4.78 is 2.09. The first kappa shape index (κ1) is 13.1. The normalized spacial score (nSPS) is 24.2. The third-order valence-corrected chi connectivity index (χ3v) is 5.11. The Hall–Kier alpha value is -0.870. The molecule has 0 radical (unpaired) electrons. The zero-order valence-electron chi connectivity index (χ0n) is 11.3. The number of aromatic nitrogens is 2. The Morgan fingerprint density at radius 2 is 2.21 bits per heavy atom. The third-order valence-electron chi connectivity index (χ3n) is 4.04. The maximum absolute atomic E-state index is 4.68. The lowest BCUT2D eigenvalue weighted by molar-refractivity contribution is 0.191. The van der Waals surface area contributed by atoms with Crippen LogP contribution in [0.15, 0.2) is 30.6 Å². The van der Waals surface area contributed by atoms with Crippen molar-refractivity contribution in [1.82, 2.24) is 14.3 Å². The summed E-state index contributed by atoms with van der Waals surface area (Å²) >= 11 is 3.84. The molecule has 0 bridgehead atoms. The number of hydrogen-bond donors (Lipinski definition) is 0. The van der Waals surface area contributed by atoms with Gasteiger partial charge in [-0.1, -0.05) is 34.8 Å². The standard InChI is InChI=1S/C15H20BrN3/c1-18(14-7-3-2-6-13(14)16)10-12-11-19-9-5-4-8-15(19)17-12/h4-5,8-9,11,13-14H,2-3,6-7,10H2,1H3. The van der Waals surface area contributed by atoms with E-state index in [1.807, 2.05) is 12.1 Å². The van der Waals surface area contributed by atoms with Crippen LogP contribution in [0.5, 0.6) is 0 Å². The van der Waals surface area contributed by atoms with E-state index in [1.165, 1.54) is 25.7 Å². The second-order valence-electron chi connectivity index (χ2n) is 5.48. The van der Waals surface area contributed by atoms with Crippen molar-refractivity contribution < 1.29 is 0 Å². The molecule has 2 unspecified atom stereocenters. The molecule has 3 rings (SSSR count). The molecule has 2 aromatic rings. The van der Waals surface area contributed by atoms with Gasteiger partial charge < -0.3 is 4.40 Å². The molecule has 1 saturated carbocycles. The van der Waals surface area contributed by atoms with E-state index in [0.717, 1.165) is 17.9 Å². The van der Waals surface area contributed by atoms with E-state index in [1.54, 1.807) is 0 Å². The molecule has 0 aliphatic heterocycles. The predicted octanol–water partition coefficient (Wildman–Crippen LogP) is 3.47. The minimum Gasteiger partial charge on any atom is -0.307 e. The number of alkyl halides is 1. The summed E-state index contributed by atoms with van der Waals surface area (Å²) in [6.07, 6.45) is 9.48. The quantitative estimate of drug-likeness (QED) is 0.807. The molecule has 19 heavy (non-hydrogen) atoms. The van der Waals surface area contributed by atoms with Gasteiger partial charge in [0.2, 0.25) is 0 Å². The van der Waals surface area contributed by atoms with Crippen LogP contribution in [0, 0.1) is 0 Å². The van der Waals surface area contributed by atoms with Crippen LogP contribution in [-0.4, -0.2) is 32.2 Å². The van der Waals surface area contributed by atoms with Gasteiger partial charge in [0.25, 0.3) is 0 Å². The average Bonchev–Trinajstić information content (AvgIpc) is 2.81. The zero-order valence-corrected chi connectivity index (χ0v) is 12.9. The molecule has 2 heterocycles. The zero-order chi connectivity index (χ0) is 13.2. The fourth-order valence-electron chi connectivity index (χ4n) is 3.00. The molecule has 0 amide bonds. The summed E-state index contributed by atoms with van der Waals surface area (Å²) in [5.41, 5.74) is 2.18. The van der Waals surface area contributed by atoms with Crippen molar-refractivity contribution in [2.75, 3.05) is 7.05 Å². The van der Waals surface area contributed by atoms with Gasteiger partial charge in [0, 0.05) is 29.8 Å². The van der Waals surface area contributed by atoms with Crippen LogP contribution in [0.3, 0.4) is 0 Å². The fraction of sp³-hybridized carbons (Fsp3) is 0.533. The van der Waals surface area contributed by atoms with E-state index in [9.17, 15) is 0 Å².